The second-order valence-corrected chi connectivity index (χ2v) is 5.26. The van der Waals surface area contributed by atoms with Crippen LogP contribution in [0, 0.1) is 6.92 Å². The van der Waals surface area contributed by atoms with Gasteiger partial charge in [-0.25, -0.2) is 9.97 Å². The first-order valence-electron chi connectivity index (χ1n) is 7.37. The van der Waals surface area contributed by atoms with Crippen LogP contribution in [0.3, 0.4) is 0 Å². The van der Waals surface area contributed by atoms with E-state index in [1.165, 1.54) is 5.56 Å². The molecule has 1 aromatic heterocycles. The average Bonchev–Trinajstić information content (AvgIpc) is 2.60. The Bertz CT molecular complexity index is 816. The molecule has 118 valence electrons. The highest BCUT2D eigenvalue weighted by atomic mass is 16.5. The third-order valence-corrected chi connectivity index (χ3v) is 3.73. The molecule has 3 aromatic rings. The highest BCUT2D eigenvalue weighted by Gasteiger charge is 2.10. The van der Waals surface area contributed by atoms with Gasteiger partial charge >= 0.3 is 0 Å². The zero-order chi connectivity index (χ0) is 16.2. The molecule has 2 aromatic carbocycles. The Labute approximate surface area is 135 Å². The van der Waals surface area contributed by atoms with Gasteiger partial charge in [0, 0.05) is 17.1 Å². The summed E-state index contributed by atoms with van der Waals surface area (Å²) >= 11 is 0. The van der Waals surface area contributed by atoms with Crippen molar-refractivity contribution in [2.24, 2.45) is 0 Å². The largest absolute Gasteiger partial charge is 0.493 e. The Balaban J connectivity index is 1.92. The van der Waals surface area contributed by atoms with E-state index in [0.717, 1.165) is 22.3 Å². The topological polar surface area (TPSA) is 56.3 Å². The lowest BCUT2D eigenvalue weighted by molar-refractivity contribution is 0.355. The van der Waals surface area contributed by atoms with E-state index in [4.69, 9.17) is 9.47 Å². The quantitative estimate of drug-likeness (QED) is 0.781. The summed E-state index contributed by atoms with van der Waals surface area (Å²) in [6, 6.07) is 12.1. The lowest BCUT2D eigenvalue weighted by Crippen LogP contribution is -2.03. The first-order chi connectivity index (χ1) is 11.2. The summed E-state index contributed by atoms with van der Waals surface area (Å²) in [4.78, 5) is 8.72. The molecular weight excluding hydrogens is 290 g/mol. The lowest BCUT2D eigenvalue weighted by atomic mass is 10.1. The number of benzene rings is 2. The number of anilines is 1. The fraction of sp³-hybridized carbons (Fsp3) is 0.222. The van der Waals surface area contributed by atoms with E-state index < -0.39 is 0 Å². The number of hydrogen-bond acceptors (Lipinski definition) is 5. The van der Waals surface area contributed by atoms with Crippen molar-refractivity contribution < 1.29 is 9.47 Å². The molecule has 0 atom stereocenters. The molecule has 0 unspecified atom stereocenters. The maximum Gasteiger partial charge on any atom is 0.162 e. The first kappa shape index (κ1) is 15.1. The number of methoxy groups -OCH3 is 2. The molecule has 0 bridgehead atoms. The van der Waals surface area contributed by atoms with E-state index in [1.807, 2.05) is 12.1 Å². The van der Waals surface area contributed by atoms with Crippen molar-refractivity contribution >= 4 is 16.6 Å². The molecule has 1 heterocycles. The predicted octanol–water partition coefficient (Wildman–Crippen LogP) is 3.57. The second-order valence-electron chi connectivity index (χ2n) is 5.26. The monoisotopic (exact) mass is 309 g/mol. The number of hydrogen-bond donors (Lipinski definition) is 1. The molecule has 0 radical (unpaired) electrons. The number of fused-ring (bicyclic) bond motifs is 1. The van der Waals surface area contributed by atoms with Crippen molar-refractivity contribution in [1.29, 1.82) is 0 Å². The Hall–Kier alpha value is -2.82. The Morgan fingerprint density at radius 1 is 0.957 bits per heavy atom. The summed E-state index contributed by atoms with van der Waals surface area (Å²) < 4.78 is 10.7. The summed E-state index contributed by atoms with van der Waals surface area (Å²) in [7, 11) is 3.24. The highest BCUT2D eigenvalue weighted by Crippen LogP contribution is 2.32. The number of nitrogens with one attached hydrogen (secondary N) is 1. The summed E-state index contributed by atoms with van der Waals surface area (Å²) in [6.45, 7) is 2.68. The zero-order valence-electron chi connectivity index (χ0n) is 13.5. The fourth-order valence-corrected chi connectivity index (χ4v) is 2.43. The molecule has 5 heteroatoms. The SMILES string of the molecule is COc1cc2ncnc(CNc3ccc(C)cc3)c2cc1OC. The number of ether oxygens (including phenoxy) is 2. The maximum absolute atomic E-state index is 5.37. The van der Waals surface area contributed by atoms with E-state index in [2.05, 4.69) is 46.5 Å². The smallest absolute Gasteiger partial charge is 0.162 e. The molecule has 3 rings (SSSR count). The van der Waals surface area contributed by atoms with Crippen molar-refractivity contribution in [3.05, 3.63) is 54.0 Å². The number of aromatic nitrogens is 2. The van der Waals surface area contributed by atoms with Gasteiger partial charge in [0.1, 0.15) is 6.33 Å². The van der Waals surface area contributed by atoms with Crippen molar-refractivity contribution in [3.8, 4) is 11.5 Å². The minimum atomic E-state index is 0.609. The van der Waals surface area contributed by atoms with Gasteiger partial charge in [-0.3, -0.25) is 0 Å². The number of rotatable bonds is 5. The van der Waals surface area contributed by atoms with Crippen molar-refractivity contribution in [3.63, 3.8) is 0 Å². The second kappa shape index (κ2) is 6.52. The van der Waals surface area contributed by atoms with Crippen LogP contribution in [0.25, 0.3) is 10.9 Å². The van der Waals surface area contributed by atoms with Gasteiger partial charge in [0.15, 0.2) is 11.5 Å². The Kier molecular flexibility index (Phi) is 4.28. The molecular formula is C18H19N3O2. The van der Waals surface area contributed by atoms with Crippen molar-refractivity contribution in [2.45, 2.75) is 13.5 Å². The van der Waals surface area contributed by atoms with Crippen LogP contribution in [0.2, 0.25) is 0 Å². The molecule has 0 saturated carbocycles. The molecule has 1 N–H and O–H groups in total. The Morgan fingerprint density at radius 2 is 1.65 bits per heavy atom. The summed E-state index contributed by atoms with van der Waals surface area (Å²) in [6.07, 6.45) is 1.57. The maximum atomic E-state index is 5.37. The molecule has 0 spiro atoms. The van der Waals surface area contributed by atoms with E-state index in [0.29, 0.717) is 18.0 Å². The molecule has 0 saturated heterocycles. The van der Waals surface area contributed by atoms with Crippen LogP contribution in [-0.4, -0.2) is 24.2 Å². The fourth-order valence-electron chi connectivity index (χ4n) is 2.43. The van der Waals surface area contributed by atoms with Crippen LogP contribution in [0.5, 0.6) is 11.5 Å². The Morgan fingerprint density at radius 3 is 2.35 bits per heavy atom. The van der Waals surface area contributed by atoms with Gasteiger partial charge < -0.3 is 14.8 Å². The van der Waals surface area contributed by atoms with Crippen LogP contribution in [-0.2, 0) is 6.54 Å². The van der Waals surface area contributed by atoms with Crippen molar-refractivity contribution in [1.82, 2.24) is 9.97 Å². The van der Waals surface area contributed by atoms with Gasteiger partial charge in [-0.15, -0.1) is 0 Å². The van der Waals surface area contributed by atoms with Crippen LogP contribution < -0.4 is 14.8 Å². The number of nitrogens with zero attached hydrogens (tertiary/aromatic N) is 2. The van der Waals surface area contributed by atoms with Gasteiger partial charge in [-0.05, 0) is 25.1 Å². The molecule has 0 aliphatic rings. The average molecular weight is 309 g/mol. The van der Waals surface area contributed by atoms with E-state index in [9.17, 15) is 0 Å². The van der Waals surface area contributed by atoms with Gasteiger partial charge in [0.05, 0.1) is 32.0 Å². The summed E-state index contributed by atoms with van der Waals surface area (Å²) in [5.74, 6) is 1.34. The molecule has 0 amide bonds. The summed E-state index contributed by atoms with van der Waals surface area (Å²) in [5.41, 5.74) is 4.04. The molecule has 0 aliphatic carbocycles. The third-order valence-electron chi connectivity index (χ3n) is 3.73. The minimum Gasteiger partial charge on any atom is -0.493 e. The normalized spacial score (nSPS) is 10.6. The van der Waals surface area contributed by atoms with Crippen LogP contribution in [0.1, 0.15) is 11.3 Å². The van der Waals surface area contributed by atoms with Crippen LogP contribution in [0.4, 0.5) is 5.69 Å². The van der Waals surface area contributed by atoms with Gasteiger partial charge in [0.25, 0.3) is 0 Å². The number of aryl methyl sites for hydroxylation is 1. The van der Waals surface area contributed by atoms with Crippen molar-refractivity contribution in [2.75, 3.05) is 19.5 Å². The molecule has 23 heavy (non-hydrogen) atoms. The van der Waals surface area contributed by atoms with E-state index in [1.54, 1.807) is 20.5 Å². The minimum absolute atomic E-state index is 0.609. The standard InChI is InChI=1S/C18H19N3O2/c1-12-4-6-13(7-5-12)19-10-16-14-8-17(22-2)18(23-3)9-15(14)20-11-21-16/h4-9,11,19H,10H2,1-3H3. The highest BCUT2D eigenvalue weighted by molar-refractivity contribution is 5.84. The zero-order valence-corrected chi connectivity index (χ0v) is 13.5. The van der Waals surface area contributed by atoms with Gasteiger partial charge in [-0.1, -0.05) is 17.7 Å². The third kappa shape index (κ3) is 3.18. The van der Waals surface area contributed by atoms with Crippen LogP contribution in [0.15, 0.2) is 42.7 Å². The molecule has 0 fully saturated rings. The first-order valence-corrected chi connectivity index (χ1v) is 7.37. The van der Waals surface area contributed by atoms with Gasteiger partial charge in [0.2, 0.25) is 0 Å². The summed E-state index contributed by atoms with van der Waals surface area (Å²) in [5, 5.41) is 4.33. The van der Waals surface area contributed by atoms with Crippen LogP contribution >= 0.6 is 0 Å². The van der Waals surface area contributed by atoms with E-state index in [-0.39, 0.29) is 0 Å². The predicted molar refractivity (Wildman–Crippen MR) is 91.1 cm³/mol. The van der Waals surface area contributed by atoms with Gasteiger partial charge in [-0.2, -0.15) is 0 Å². The molecule has 0 aliphatic heterocycles. The molecule has 5 nitrogen and oxygen atoms in total. The van der Waals surface area contributed by atoms with E-state index >= 15 is 0 Å². The lowest BCUT2D eigenvalue weighted by Gasteiger charge is -2.12.